The Bertz CT molecular complexity index is 693. The topological polar surface area (TPSA) is 118 Å². The first-order valence-electron chi connectivity index (χ1n) is 6.18. The summed E-state index contributed by atoms with van der Waals surface area (Å²) in [5.41, 5.74) is 0.550. The lowest BCUT2D eigenvalue weighted by Crippen LogP contribution is -2.01. The van der Waals surface area contributed by atoms with Crippen molar-refractivity contribution in [1.29, 1.82) is 0 Å². The minimum atomic E-state index is -0.733. The normalized spacial score (nSPS) is 10.5. The predicted octanol–water partition coefficient (Wildman–Crippen LogP) is 2.03. The van der Waals surface area contributed by atoms with Crippen molar-refractivity contribution < 1.29 is 30.3 Å². The van der Waals surface area contributed by atoms with E-state index in [1.54, 1.807) is 6.07 Å². The van der Waals surface area contributed by atoms with Gasteiger partial charge in [-0.2, -0.15) is 0 Å². The molecule has 0 unspecified atom stereocenters. The Balaban J connectivity index is 2.12. The number of carbonyl (C=O) groups excluding carboxylic acids is 1. The Morgan fingerprint density at radius 1 is 0.810 bits per heavy atom. The number of hydrogen-bond donors (Lipinski definition) is 5. The van der Waals surface area contributed by atoms with E-state index in [1.165, 1.54) is 18.2 Å². The van der Waals surface area contributed by atoms with Gasteiger partial charge in [0.15, 0.2) is 28.8 Å². The van der Waals surface area contributed by atoms with E-state index in [1.807, 2.05) is 0 Å². The van der Waals surface area contributed by atoms with Crippen LogP contribution in [0.2, 0.25) is 0 Å². The van der Waals surface area contributed by atoms with Crippen LogP contribution < -0.4 is 0 Å². The zero-order chi connectivity index (χ0) is 15.6. The molecule has 0 heterocycles. The summed E-state index contributed by atoms with van der Waals surface area (Å²) in [5.74, 6) is -2.84. The largest absolute Gasteiger partial charge is 0.504 e. The molecule has 0 radical (unpaired) electrons. The van der Waals surface area contributed by atoms with Gasteiger partial charge in [0.1, 0.15) is 0 Å². The average molecular weight is 290 g/mol. The van der Waals surface area contributed by atoms with Crippen LogP contribution in [0.3, 0.4) is 0 Å². The van der Waals surface area contributed by atoms with Gasteiger partial charge in [-0.15, -0.1) is 0 Å². The van der Waals surface area contributed by atoms with E-state index in [9.17, 15) is 30.3 Å². The number of benzene rings is 2. The summed E-state index contributed by atoms with van der Waals surface area (Å²) in [4.78, 5) is 12.0. The highest BCUT2D eigenvalue weighted by atomic mass is 16.3. The van der Waals surface area contributed by atoms with Gasteiger partial charge in [-0.25, -0.2) is 0 Å². The summed E-state index contributed by atoms with van der Waals surface area (Å²) in [5, 5.41) is 46.7. The lowest BCUT2D eigenvalue weighted by molar-refractivity contribution is 0.0979. The van der Waals surface area contributed by atoms with Gasteiger partial charge in [-0.05, 0) is 36.2 Å². The number of hydrogen-bond acceptors (Lipinski definition) is 6. The van der Waals surface area contributed by atoms with Crippen molar-refractivity contribution in [1.82, 2.24) is 0 Å². The molecule has 0 atom stereocenters. The Hall–Kier alpha value is -2.89. The van der Waals surface area contributed by atoms with Crippen LogP contribution in [0.15, 0.2) is 30.3 Å². The molecule has 2 aromatic carbocycles. The summed E-state index contributed by atoms with van der Waals surface area (Å²) < 4.78 is 0. The Morgan fingerprint density at radius 3 is 2.14 bits per heavy atom. The smallest absolute Gasteiger partial charge is 0.201 e. The molecule has 0 saturated heterocycles. The second-order valence-electron chi connectivity index (χ2n) is 4.58. The lowest BCUT2D eigenvalue weighted by atomic mass is 10.0. The Kier molecular flexibility index (Phi) is 3.89. The molecule has 5 N–H and O–H groups in total. The van der Waals surface area contributed by atoms with Gasteiger partial charge in [0.2, 0.25) is 5.75 Å². The van der Waals surface area contributed by atoms with Crippen LogP contribution in [0.1, 0.15) is 22.3 Å². The Labute approximate surface area is 120 Å². The van der Waals surface area contributed by atoms with E-state index >= 15 is 0 Å². The predicted molar refractivity (Wildman–Crippen MR) is 73.9 cm³/mol. The summed E-state index contributed by atoms with van der Waals surface area (Å²) in [6, 6.07) is 6.57. The molecule has 2 rings (SSSR count). The molecular weight excluding hydrogens is 276 g/mol. The standard InChI is InChI=1S/C15H14O6/c16-10(9-3-6-12(18)15(21)14(9)20)4-1-8-2-5-11(17)13(19)7-8/h2-3,5-7,17-21H,1,4H2. The van der Waals surface area contributed by atoms with Crippen LogP contribution in [0, 0.1) is 0 Å². The van der Waals surface area contributed by atoms with Crippen molar-refractivity contribution in [3.8, 4) is 28.7 Å². The molecule has 6 heteroatoms. The van der Waals surface area contributed by atoms with E-state index in [2.05, 4.69) is 0 Å². The molecule has 0 aliphatic rings. The van der Waals surface area contributed by atoms with E-state index in [0.717, 1.165) is 6.07 Å². The van der Waals surface area contributed by atoms with Crippen molar-refractivity contribution in [3.05, 3.63) is 41.5 Å². The minimum Gasteiger partial charge on any atom is -0.504 e. The van der Waals surface area contributed by atoms with Crippen molar-refractivity contribution in [2.75, 3.05) is 0 Å². The van der Waals surface area contributed by atoms with Gasteiger partial charge in [-0.3, -0.25) is 4.79 Å². The maximum Gasteiger partial charge on any atom is 0.201 e. The molecule has 21 heavy (non-hydrogen) atoms. The van der Waals surface area contributed by atoms with E-state index in [0.29, 0.717) is 5.56 Å². The maximum atomic E-state index is 12.0. The van der Waals surface area contributed by atoms with Crippen LogP contribution in [-0.4, -0.2) is 31.3 Å². The number of Topliss-reactive ketones (excluding diaryl/α,β-unsaturated/α-hetero) is 1. The fraction of sp³-hybridized carbons (Fsp3) is 0.133. The van der Waals surface area contributed by atoms with Crippen LogP contribution in [0.25, 0.3) is 0 Å². The van der Waals surface area contributed by atoms with Crippen LogP contribution in [-0.2, 0) is 6.42 Å². The van der Waals surface area contributed by atoms with Crippen molar-refractivity contribution in [3.63, 3.8) is 0 Å². The average Bonchev–Trinajstić information content (AvgIpc) is 2.46. The first-order valence-corrected chi connectivity index (χ1v) is 6.18. The molecule has 0 saturated carbocycles. The molecule has 2 aromatic rings. The zero-order valence-corrected chi connectivity index (χ0v) is 10.9. The highest BCUT2D eigenvalue weighted by Gasteiger charge is 2.17. The van der Waals surface area contributed by atoms with Gasteiger partial charge in [0.25, 0.3) is 0 Å². The highest BCUT2D eigenvalue weighted by Crippen LogP contribution is 2.37. The third-order valence-corrected chi connectivity index (χ3v) is 3.11. The first-order chi connectivity index (χ1) is 9.90. The third kappa shape index (κ3) is 3.00. The van der Waals surface area contributed by atoms with Crippen molar-refractivity contribution >= 4 is 5.78 Å². The summed E-state index contributed by atoms with van der Waals surface area (Å²) >= 11 is 0. The fourth-order valence-corrected chi connectivity index (χ4v) is 1.91. The van der Waals surface area contributed by atoms with Crippen molar-refractivity contribution in [2.24, 2.45) is 0 Å². The number of ketones is 1. The number of rotatable bonds is 4. The highest BCUT2D eigenvalue weighted by molar-refractivity contribution is 5.99. The lowest BCUT2D eigenvalue weighted by Gasteiger charge is -2.07. The molecule has 0 fully saturated rings. The van der Waals surface area contributed by atoms with Gasteiger partial charge in [-0.1, -0.05) is 6.07 Å². The van der Waals surface area contributed by atoms with Gasteiger partial charge in [0.05, 0.1) is 5.56 Å². The van der Waals surface area contributed by atoms with Gasteiger partial charge >= 0.3 is 0 Å². The number of carbonyl (C=O) groups is 1. The molecule has 0 aliphatic carbocycles. The second kappa shape index (κ2) is 5.62. The van der Waals surface area contributed by atoms with Gasteiger partial charge < -0.3 is 25.5 Å². The number of phenols is 5. The maximum absolute atomic E-state index is 12.0. The molecular formula is C15H14O6. The summed E-state index contributed by atoms with van der Waals surface area (Å²) in [6.45, 7) is 0. The molecule has 0 spiro atoms. The molecule has 0 aromatic heterocycles. The number of phenolic OH excluding ortho intramolecular Hbond substituents is 5. The van der Waals surface area contributed by atoms with E-state index in [4.69, 9.17) is 0 Å². The quantitative estimate of drug-likeness (QED) is 0.434. The molecule has 0 bridgehead atoms. The van der Waals surface area contributed by atoms with Crippen LogP contribution >= 0.6 is 0 Å². The molecule has 110 valence electrons. The SMILES string of the molecule is O=C(CCc1ccc(O)c(O)c1)c1ccc(O)c(O)c1O. The van der Waals surface area contributed by atoms with Crippen LogP contribution in [0.4, 0.5) is 0 Å². The Morgan fingerprint density at radius 2 is 1.48 bits per heavy atom. The monoisotopic (exact) mass is 290 g/mol. The molecule has 0 aliphatic heterocycles. The zero-order valence-electron chi connectivity index (χ0n) is 10.9. The minimum absolute atomic E-state index is 0.0298. The number of aromatic hydroxyl groups is 5. The third-order valence-electron chi connectivity index (χ3n) is 3.11. The second-order valence-corrected chi connectivity index (χ2v) is 4.58. The number of aryl methyl sites for hydroxylation is 1. The summed E-state index contributed by atoms with van der Waals surface area (Å²) in [7, 11) is 0. The molecule has 0 amide bonds. The fourth-order valence-electron chi connectivity index (χ4n) is 1.91. The van der Waals surface area contributed by atoms with Crippen molar-refractivity contribution in [2.45, 2.75) is 12.8 Å². The van der Waals surface area contributed by atoms with E-state index in [-0.39, 0.29) is 29.9 Å². The van der Waals surface area contributed by atoms with E-state index < -0.39 is 23.0 Å². The van der Waals surface area contributed by atoms with Crippen LogP contribution in [0.5, 0.6) is 28.7 Å². The summed E-state index contributed by atoms with van der Waals surface area (Å²) in [6.07, 6.45) is 0.315. The molecule has 6 nitrogen and oxygen atoms in total. The first kappa shape index (κ1) is 14.5. The van der Waals surface area contributed by atoms with Gasteiger partial charge in [0, 0.05) is 6.42 Å².